The molecule has 0 fully saturated rings. The molecule has 0 aliphatic carbocycles. The summed E-state index contributed by atoms with van der Waals surface area (Å²) in [5.41, 5.74) is 0.251. The van der Waals surface area contributed by atoms with Gasteiger partial charge in [0, 0.05) is 18.9 Å². The van der Waals surface area contributed by atoms with E-state index >= 15 is 0 Å². The van der Waals surface area contributed by atoms with E-state index in [1.165, 1.54) is 0 Å². The Morgan fingerprint density at radius 1 is 1.07 bits per heavy atom. The molecule has 162 valence electrons. The molecule has 0 heterocycles. The zero-order valence-electron chi connectivity index (χ0n) is 17.9. The van der Waals surface area contributed by atoms with E-state index in [9.17, 15) is 14.4 Å². The molecule has 1 aromatic carbocycles. The van der Waals surface area contributed by atoms with Gasteiger partial charge in [0.25, 0.3) is 0 Å². The maximum atomic E-state index is 12.9. The van der Waals surface area contributed by atoms with Crippen LogP contribution in [-0.2, 0) is 20.7 Å². The quantitative estimate of drug-likeness (QED) is 0.520. The van der Waals surface area contributed by atoms with E-state index < -0.39 is 23.7 Å². The fourth-order valence-electron chi connectivity index (χ4n) is 2.95. The second-order valence-corrected chi connectivity index (χ2v) is 8.17. The van der Waals surface area contributed by atoms with E-state index in [0.717, 1.165) is 18.4 Å². The highest BCUT2D eigenvalue weighted by Gasteiger charge is 2.26. The molecule has 7 heteroatoms. The largest absolute Gasteiger partial charge is 0.481 e. The zero-order valence-corrected chi connectivity index (χ0v) is 17.9. The van der Waals surface area contributed by atoms with Gasteiger partial charge in [0.05, 0.1) is 0 Å². The average Bonchev–Trinajstić information content (AvgIpc) is 2.60. The van der Waals surface area contributed by atoms with Crippen molar-refractivity contribution < 1.29 is 24.2 Å². The van der Waals surface area contributed by atoms with Crippen LogP contribution >= 0.6 is 0 Å². The molecule has 2 unspecified atom stereocenters. The van der Waals surface area contributed by atoms with Crippen LogP contribution in [0.2, 0.25) is 0 Å². The van der Waals surface area contributed by atoms with Crippen LogP contribution in [-0.4, -0.2) is 40.8 Å². The van der Waals surface area contributed by atoms with Crippen LogP contribution < -0.4 is 10.6 Å². The normalized spacial score (nSPS) is 13.2. The van der Waals surface area contributed by atoms with Crippen molar-refractivity contribution >= 4 is 18.0 Å². The van der Waals surface area contributed by atoms with Crippen molar-refractivity contribution in [3.63, 3.8) is 0 Å². The summed E-state index contributed by atoms with van der Waals surface area (Å²) in [4.78, 5) is 35.9. The molecule has 0 spiro atoms. The molecule has 29 heavy (non-hydrogen) atoms. The van der Waals surface area contributed by atoms with E-state index in [-0.39, 0.29) is 18.4 Å². The molecule has 0 aliphatic rings. The molecule has 0 aromatic heterocycles. The highest BCUT2D eigenvalue weighted by molar-refractivity contribution is 5.86. The highest BCUT2D eigenvalue weighted by atomic mass is 16.6. The third kappa shape index (κ3) is 11.1. The number of amides is 2. The Balaban J connectivity index is 2.83. The predicted molar refractivity (Wildman–Crippen MR) is 112 cm³/mol. The van der Waals surface area contributed by atoms with E-state index in [4.69, 9.17) is 9.84 Å². The van der Waals surface area contributed by atoms with Gasteiger partial charge in [0.2, 0.25) is 5.91 Å². The first-order valence-corrected chi connectivity index (χ1v) is 10.2. The summed E-state index contributed by atoms with van der Waals surface area (Å²) < 4.78 is 5.30. The minimum atomic E-state index is -0.847. The smallest absolute Gasteiger partial charge is 0.408 e. The molecule has 0 bridgehead atoms. The average molecular weight is 407 g/mol. The molecule has 0 saturated carbocycles. The monoisotopic (exact) mass is 406 g/mol. The van der Waals surface area contributed by atoms with Gasteiger partial charge >= 0.3 is 12.1 Å². The number of carboxylic acid groups (broad SMARTS) is 1. The summed E-state index contributed by atoms with van der Waals surface area (Å²) >= 11 is 0. The van der Waals surface area contributed by atoms with Gasteiger partial charge in [0.1, 0.15) is 11.6 Å². The third-order valence-corrected chi connectivity index (χ3v) is 4.22. The summed E-state index contributed by atoms with van der Waals surface area (Å²) in [6.07, 6.45) is 2.43. The number of hydrogen-bond donors (Lipinski definition) is 3. The standard InChI is InChI=1S/C22H34N2O5/c1-5-10-17(13-9-14-19(25)26)23-20(27)18(15-16-11-7-6-8-12-16)24-21(28)29-22(2,3)4/h6-8,11-12,17-18H,5,9-10,13-15H2,1-4H3,(H,23,27)(H,24,28)(H,25,26). The van der Waals surface area contributed by atoms with Gasteiger partial charge in [0.15, 0.2) is 0 Å². The van der Waals surface area contributed by atoms with Gasteiger partial charge in [-0.3, -0.25) is 9.59 Å². The van der Waals surface area contributed by atoms with Crippen molar-refractivity contribution in [2.45, 2.75) is 83.9 Å². The second kappa shape index (κ2) is 12.1. The number of alkyl carbamates (subject to hydrolysis) is 1. The first-order chi connectivity index (χ1) is 13.6. The van der Waals surface area contributed by atoms with Gasteiger partial charge in [-0.15, -0.1) is 0 Å². The second-order valence-electron chi connectivity index (χ2n) is 8.17. The van der Waals surface area contributed by atoms with E-state index in [2.05, 4.69) is 10.6 Å². The lowest BCUT2D eigenvalue weighted by Gasteiger charge is -2.25. The van der Waals surface area contributed by atoms with Gasteiger partial charge < -0.3 is 20.5 Å². The lowest BCUT2D eigenvalue weighted by molar-refractivity contribution is -0.137. The van der Waals surface area contributed by atoms with Crippen molar-refractivity contribution in [1.82, 2.24) is 10.6 Å². The predicted octanol–water partition coefficient (Wildman–Crippen LogP) is 3.66. The van der Waals surface area contributed by atoms with Crippen LogP contribution in [0.15, 0.2) is 30.3 Å². The molecule has 1 aromatic rings. The molecule has 7 nitrogen and oxygen atoms in total. The first kappa shape index (κ1) is 24.5. The van der Waals surface area contributed by atoms with Crippen molar-refractivity contribution in [3.05, 3.63) is 35.9 Å². The summed E-state index contributed by atoms with van der Waals surface area (Å²) in [6, 6.07) is 8.52. The summed E-state index contributed by atoms with van der Waals surface area (Å²) in [7, 11) is 0. The third-order valence-electron chi connectivity index (χ3n) is 4.22. The lowest BCUT2D eigenvalue weighted by Crippen LogP contribution is -2.51. The first-order valence-electron chi connectivity index (χ1n) is 10.2. The van der Waals surface area contributed by atoms with Crippen LogP contribution in [0.5, 0.6) is 0 Å². The van der Waals surface area contributed by atoms with E-state index in [1.54, 1.807) is 20.8 Å². The molecule has 2 amide bonds. The number of ether oxygens (including phenoxy) is 1. The fourth-order valence-corrected chi connectivity index (χ4v) is 2.95. The zero-order chi connectivity index (χ0) is 21.9. The minimum Gasteiger partial charge on any atom is -0.481 e. The Morgan fingerprint density at radius 2 is 1.72 bits per heavy atom. The highest BCUT2D eigenvalue weighted by Crippen LogP contribution is 2.11. The Morgan fingerprint density at radius 3 is 2.28 bits per heavy atom. The van der Waals surface area contributed by atoms with Crippen LogP contribution in [0.4, 0.5) is 4.79 Å². The molecule has 0 saturated heterocycles. The lowest BCUT2D eigenvalue weighted by atomic mass is 10.0. The van der Waals surface area contributed by atoms with Gasteiger partial charge in [-0.05, 0) is 45.6 Å². The van der Waals surface area contributed by atoms with Crippen molar-refractivity contribution in [3.8, 4) is 0 Å². The number of benzene rings is 1. The number of hydrogen-bond acceptors (Lipinski definition) is 4. The van der Waals surface area contributed by atoms with Crippen molar-refractivity contribution in [1.29, 1.82) is 0 Å². The van der Waals surface area contributed by atoms with Crippen LogP contribution in [0.3, 0.4) is 0 Å². The van der Waals surface area contributed by atoms with E-state index in [0.29, 0.717) is 19.3 Å². The van der Waals surface area contributed by atoms with Crippen LogP contribution in [0, 0.1) is 0 Å². The Hall–Kier alpha value is -2.57. The molecule has 1 rings (SSSR count). The van der Waals surface area contributed by atoms with Crippen LogP contribution in [0.1, 0.15) is 65.4 Å². The number of carbonyl (C=O) groups excluding carboxylic acids is 2. The number of carbonyl (C=O) groups is 3. The van der Waals surface area contributed by atoms with Gasteiger partial charge in [-0.2, -0.15) is 0 Å². The molecule has 0 radical (unpaired) electrons. The van der Waals surface area contributed by atoms with Crippen molar-refractivity contribution in [2.24, 2.45) is 0 Å². The van der Waals surface area contributed by atoms with Gasteiger partial charge in [-0.1, -0.05) is 43.7 Å². The Kier molecular flexibility index (Phi) is 10.2. The van der Waals surface area contributed by atoms with Crippen LogP contribution in [0.25, 0.3) is 0 Å². The fraction of sp³-hybridized carbons (Fsp3) is 0.591. The molecule has 0 aliphatic heterocycles. The number of nitrogens with one attached hydrogen (secondary N) is 2. The number of aliphatic carboxylic acids is 1. The number of carboxylic acids is 1. The Bertz CT molecular complexity index is 655. The Labute approximate surface area is 173 Å². The molecule has 3 N–H and O–H groups in total. The van der Waals surface area contributed by atoms with E-state index in [1.807, 2.05) is 37.3 Å². The maximum Gasteiger partial charge on any atom is 0.408 e. The summed E-state index contributed by atoms with van der Waals surface area (Å²) in [6.45, 7) is 7.30. The maximum absolute atomic E-state index is 12.9. The summed E-state index contributed by atoms with van der Waals surface area (Å²) in [5.74, 6) is -1.14. The molecular weight excluding hydrogens is 372 g/mol. The number of rotatable bonds is 11. The summed E-state index contributed by atoms with van der Waals surface area (Å²) in [5, 5.41) is 14.5. The molecular formula is C22H34N2O5. The topological polar surface area (TPSA) is 105 Å². The minimum absolute atomic E-state index is 0.0691. The SMILES string of the molecule is CCCC(CCCC(=O)O)NC(=O)C(Cc1ccccc1)NC(=O)OC(C)(C)C. The molecule has 2 atom stereocenters. The van der Waals surface area contributed by atoms with Gasteiger partial charge in [-0.25, -0.2) is 4.79 Å². The van der Waals surface area contributed by atoms with Crippen molar-refractivity contribution in [2.75, 3.05) is 0 Å².